The fourth-order valence-corrected chi connectivity index (χ4v) is 2.88. The van der Waals surface area contributed by atoms with Gasteiger partial charge >= 0.3 is 18.2 Å². The highest BCUT2D eigenvalue weighted by molar-refractivity contribution is 6.31. The number of amides is 2. The van der Waals surface area contributed by atoms with Gasteiger partial charge in [0.1, 0.15) is 11.5 Å². The van der Waals surface area contributed by atoms with Gasteiger partial charge in [0.15, 0.2) is 6.10 Å². The molecule has 0 spiro atoms. The van der Waals surface area contributed by atoms with Gasteiger partial charge in [0, 0.05) is 56.9 Å². The van der Waals surface area contributed by atoms with Crippen molar-refractivity contribution in [1.82, 2.24) is 15.1 Å². The van der Waals surface area contributed by atoms with Gasteiger partial charge in [-0.15, -0.1) is 0 Å². The zero-order chi connectivity index (χ0) is 29.2. The normalized spacial score (nSPS) is 12.4. The summed E-state index contributed by atoms with van der Waals surface area (Å²) in [5, 5.41) is 31.5. The number of halogens is 1. The van der Waals surface area contributed by atoms with Gasteiger partial charge in [-0.05, 0) is 44.5 Å². The Labute approximate surface area is 227 Å². The van der Waals surface area contributed by atoms with E-state index in [4.69, 9.17) is 31.3 Å². The van der Waals surface area contributed by atoms with Crippen LogP contribution in [0.4, 0.5) is 9.59 Å². The Morgan fingerprint density at radius 1 is 0.921 bits per heavy atom. The molecule has 2 rings (SSSR count). The molecule has 2 aromatic rings. The summed E-state index contributed by atoms with van der Waals surface area (Å²) in [5.41, 5.74) is 0.509. The molecule has 0 bridgehead atoms. The molecule has 0 radical (unpaired) electrons. The third-order valence-electron chi connectivity index (χ3n) is 4.69. The van der Waals surface area contributed by atoms with Gasteiger partial charge in [0.25, 0.3) is 0 Å². The largest absolute Gasteiger partial charge is 0.479 e. The first-order chi connectivity index (χ1) is 17.5. The Morgan fingerprint density at radius 2 is 1.39 bits per heavy atom. The summed E-state index contributed by atoms with van der Waals surface area (Å²) in [5.74, 6) is -0.946. The van der Waals surface area contributed by atoms with Crippen molar-refractivity contribution in [2.75, 3.05) is 34.7 Å². The molecule has 210 valence electrons. The Bertz CT molecular complexity index is 1060. The number of β-amino-alcohol motifs (C(OH)–C–C–N with tert-alkyl or cyclic N) is 1. The second kappa shape index (κ2) is 14.5. The van der Waals surface area contributed by atoms with Crippen LogP contribution < -0.4 is 14.8 Å². The number of aliphatic hydroxyl groups excluding tert-OH is 2. The molecule has 0 aliphatic rings. The lowest BCUT2D eigenvalue weighted by atomic mass is 10.1. The molecule has 0 unspecified atom stereocenters. The van der Waals surface area contributed by atoms with Gasteiger partial charge in [-0.25, -0.2) is 14.4 Å². The molecule has 12 heteroatoms. The number of nitrogens with zero attached hydrogens (tertiary/aromatic N) is 2. The molecule has 11 nitrogen and oxygen atoms in total. The van der Waals surface area contributed by atoms with Crippen molar-refractivity contribution < 1.29 is 39.2 Å². The van der Waals surface area contributed by atoms with Crippen molar-refractivity contribution in [3.05, 3.63) is 58.6 Å². The number of carbonyl (C=O) groups is 3. The number of aliphatic carboxylic acids is 1. The third-order valence-corrected chi connectivity index (χ3v) is 5.03. The van der Waals surface area contributed by atoms with Crippen LogP contribution in [0, 0.1) is 0 Å². The van der Waals surface area contributed by atoms with E-state index in [-0.39, 0.29) is 34.2 Å². The minimum atomic E-state index is -1.54. The molecule has 0 heterocycles. The van der Waals surface area contributed by atoms with E-state index in [1.807, 2.05) is 20.8 Å². The van der Waals surface area contributed by atoms with E-state index < -0.39 is 30.4 Å². The van der Waals surface area contributed by atoms with E-state index >= 15 is 0 Å². The van der Waals surface area contributed by atoms with Gasteiger partial charge in [-0.2, -0.15) is 0 Å². The van der Waals surface area contributed by atoms with E-state index in [1.165, 1.54) is 28.0 Å². The topological polar surface area (TPSA) is 149 Å². The van der Waals surface area contributed by atoms with Crippen LogP contribution in [-0.4, -0.2) is 83.5 Å². The molecular formula is C26H36ClN3O8. The fraction of sp³-hybridized carbons (Fsp3) is 0.423. The monoisotopic (exact) mass is 553 g/mol. The number of carboxylic acid groups (broad SMARTS) is 1. The van der Waals surface area contributed by atoms with E-state index in [9.17, 15) is 19.5 Å². The molecule has 4 N–H and O–H groups in total. The summed E-state index contributed by atoms with van der Waals surface area (Å²) < 4.78 is 10.5. The standard InChI is InChI=1S/C18H29N3O5.C8H7ClO3/c1-18(2,3)19-11-15(22)12-8-13(25-16(23)20(4)5)10-14(9-12)26-17(24)21(6)7;9-6-4-2-1-3-5(6)7(10)8(11)12/h8-10,15,19,22H,11H2,1-7H3;1-4,7,10H,(H,11,12)/t15-;7-/m01/s1. The highest BCUT2D eigenvalue weighted by Crippen LogP contribution is 2.28. The van der Waals surface area contributed by atoms with E-state index in [0.717, 1.165) is 0 Å². The smallest absolute Gasteiger partial charge is 0.414 e. The minimum absolute atomic E-state index is 0.170. The van der Waals surface area contributed by atoms with Crippen molar-refractivity contribution in [3.63, 3.8) is 0 Å². The predicted molar refractivity (Wildman–Crippen MR) is 143 cm³/mol. The average Bonchev–Trinajstić information content (AvgIpc) is 2.81. The molecule has 2 aromatic carbocycles. The number of carbonyl (C=O) groups excluding carboxylic acids is 2. The first-order valence-electron chi connectivity index (χ1n) is 11.5. The lowest BCUT2D eigenvalue weighted by molar-refractivity contribution is -0.146. The number of aliphatic hydroxyl groups is 2. The number of ether oxygens (including phenoxy) is 2. The molecule has 0 aliphatic heterocycles. The number of carboxylic acids is 1. The van der Waals surface area contributed by atoms with E-state index in [0.29, 0.717) is 5.56 Å². The maximum atomic E-state index is 11.8. The summed E-state index contributed by atoms with van der Waals surface area (Å²) in [6.45, 7) is 6.24. The summed E-state index contributed by atoms with van der Waals surface area (Å²) >= 11 is 5.64. The van der Waals surface area contributed by atoms with E-state index in [1.54, 1.807) is 52.5 Å². The Morgan fingerprint density at radius 3 is 1.79 bits per heavy atom. The van der Waals surface area contributed by atoms with Gasteiger partial charge in [0.05, 0.1) is 6.10 Å². The van der Waals surface area contributed by atoms with Gasteiger partial charge in [-0.1, -0.05) is 29.8 Å². The number of hydrogen-bond acceptors (Lipinski definition) is 8. The third kappa shape index (κ3) is 11.3. The van der Waals surface area contributed by atoms with Crippen LogP contribution in [0.1, 0.15) is 44.1 Å². The molecule has 2 amide bonds. The maximum Gasteiger partial charge on any atom is 0.414 e. The molecule has 0 aromatic heterocycles. The average molecular weight is 554 g/mol. The zero-order valence-corrected chi connectivity index (χ0v) is 23.3. The van der Waals surface area contributed by atoms with Crippen LogP contribution in [0.15, 0.2) is 42.5 Å². The van der Waals surface area contributed by atoms with Crippen LogP contribution >= 0.6 is 11.6 Å². The fourth-order valence-electron chi connectivity index (χ4n) is 2.64. The molecule has 0 saturated heterocycles. The molecular weight excluding hydrogens is 518 g/mol. The molecule has 2 atom stereocenters. The predicted octanol–water partition coefficient (Wildman–Crippen LogP) is 3.69. The van der Waals surface area contributed by atoms with Gasteiger partial charge in [-0.3, -0.25) is 0 Å². The number of benzene rings is 2. The van der Waals surface area contributed by atoms with Crippen molar-refractivity contribution in [2.45, 2.75) is 38.5 Å². The highest BCUT2D eigenvalue weighted by Gasteiger charge is 2.19. The quantitative estimate of drug-likeness (QED) is 0.402. The number of rotatable bonds is 7. The number of nitrogens with one attached hydrogen (secondary N) is 1. The first-order valence-corrected chi connectivity index (χ1v) is 11.9. The number of hydrogen-bond donors (Lipinski definition) is 4. The van der Waals surface area contributed by atoms with E-state index in [2.05, 4.69) is 5.32 Å². The van der Waals surface area contributed by atoms with Gasteiger partial charge in [0.2, 0.25) is 0 Å². The van der Waals surface area contributed by atoms with Crippen molar-refractivity contribution in [2.24, 2.45) is 0 Å². The summed E-state index contributed by atoms with van der Waals surface area (Å²) in [6, 6.07) is 10.8. The Kier molecular flexibility index (Phi) is 12.5. The van der Waals surface area contributed by atoms with Crippen LogP contribution in [0.5, 0.6) is 11.5 Å². The SMILES string of the molecule is CN(C)C(=O)Oc1cc(OC(=O)N(C)C)cc([C@@H](O)CNC(C)(C)C)c1.O=C(O)[C@H](O)c1ccccc1Cl. The van der Waals surface area contributed by atoms with Crippen LogP contribution in [0.2, 0.25) is 5.02 Å². The highest BCUT2D eigenvalue weighted by atomic mass is 35.5. The van der Waals surface area contributed by atoms with Crippen molar-refractivity contribution >= 4 is 29.8 Å². The molecule has 0 saturated carbocycles. The molecule has 38 heavy (non-hydrogen) atoms. The Hall–Kier alpha value is -3.38. The zero-order valence-electron chi connectivity index (χ0n) is 22.6. The molecule has 0 fully saturated rings. The van der Waals surface area contributed by atoms with Crippen molar-refractivity contribution in [1.29, 1.82) is 0 Å². The lowest BCUT2D eigenvalue weighted by Gasteiger charge is -2.23. The summed E-state index contributed by atoms with van der Waals surface area (Å²) in [4.78, 5) is 36.5. The summed E-state index contributed by atoms with van der Waals surface area (Å²) in [7, 11) is 6.23. The summed E-state index contributed by atoms with van der Waals surface area (Å²) in [6.07, 6.45) is -3.56. The maximum absolute atomic E-state index is 11.8. The van der Waals surface area contributed by atoms with Crippen molar-refractivity contribution in [3.8, 4) is 11.5 Å². The second-order valence-corrected chi connectivity index (χ2v) is 10.1. The Balaban J connectivity index is 0.000000499. The van der Waals surface area contributed by atoms with Gasteiger partial charge < -0.3 is 39.9 Å². The van der Waals surface area contributed by atoms with Crippen LogP contribution in [0.25, 0.3) is 0 Å². The molecule has 0 aliphatic carbocycles. The minimum Gasteiger partial charge on any atom is -0.479 e. The van der Waals surface area contributed by atoms with Crippen LogP contribution in [-0.2, 0) is 4.79 Å². The second-order valence-electron chi connectivity index (χ2n) is 9.67. The lowest BCUT2D eigenvalue weighted by Crippen LogP contribution is -2.38. The van der Waals surface area contributed by atoms with Crippen LogP contribution in [0.3, 0.4) is 0 Å². The first kappa shape index (κ1) is 32.6.